The predicted molar refractivity (Wildman–Crippen MR) is 111 cm³/mol. The third-order valence-electron chi connectivity index (χ3n) is 3.75. The molecule has 3 aromatic rings. The maximum atomic E-state index is 12.3. The van der Waals surface area contributed by atoms with Crippen molar-refractivity contribution < 1.29 is 17.6 Å². The van der Waals surface area contributed by atoms with Crippen molar-refractivity contribution in [1.82, 2.24) is 4.72 Å². The number of rotatable bonds is 7. The van der Waals surface area contributed by atoms with Gasteiger partial charge in [0.25, 0.3) is 0 Å². The Labute approximate surface area is 171 Å². The highest BCUT2D eigenvalue weighted by atomic mass is 79.9. The SMILES string of the molecule is O=C(C=Cc1ccc(S(=O)(=O)NCc2ccco2)cc1)Nc1ccc(Br)cc1. The minimum absolute atomic E-state index is 0.0766. The summed E-state index contributed by atoms with van der Waals surface area (Å²) in [7, 11) is -3.65. The molecule has 0 saturated carbocycles. The fraction of sp³-hybridized carbons (Fsp3) is 0.0500. The Hall–Kier alpha value is -2.68. The lowest BCUT2D eigenvalue weighted by Crippen LogP contribution is -2.22. The number of anilines is 1. The summed E-state index contributed by atoms with van der Waals surface area (Å²) in [5, 5.41) is 2.74. The average molecular weight is 461 g/mol. The molecule has 2 aromatic carbocycles. The third-order valence-corrected chi connectivity index (χ3v) is 5.69. The van der Waals surface area contributed by atoms with Crippen molar-refractivity contribution in [3.8, 4) is 0 Å². The highest BCUT2D eigenvalue weighted by Gasteiger charge is 2.13. The molecule has 1 amide bonds. The van der Waals surface area contributed by atoms with Crippen molar-refractivity contribution >= 4 is 43.6 Å². The van der Waals surface area contributed by atoms with Crippen LogP contribution in [0, 0.1) is 0 Å². The molecule has 144 valence electrons. The highest BCUT2D eigenvalue weighted by molar-refractivity contribution is 9.10. The van der Waals surface area contributed by atoms with Gasteiger partial charge in [-0.15, -0.1) is 0 Å². The Bertz CT molecular complexity index is 1060. The molecule has 2 N–H and O–H groups in total. The monoisotopic (exact) mass is 460 g/mol. The number of carbonyl (C=O) groups excluding carboxylic acids is 1. The Morgan fingerprint density at radius 2 is 1.75 bits per heavy atom. The minimum atomic E-state index is -3.65. The molecule has 0 spiro atoms. The van der Waals surface area contributed by atoms with E-state index in [1.807, 2.05) is 12.1 Å². The zero-order chi connectivity index (χ0) is 20.0. The van der Waals surface area contributed by atoms with E-state index < -0.39 is 10.0 Å². The standard InChI is InChI=1S/C20H17BrN2O4S/c21-16-6-8-17(9-7-16)23-20(24)12-5-15-3-10-19(11-4-15)28(25,26)22-14-18-2-1-13-27-18/h1-13,22H,14H2,(H,23,24). The number of furan rings is 1. The molecule has 0 fully saturated rings. The van der Waals surface area contributed by atoms with Gasteiger partial charge in [0.2, 0.25) is 15.9 Å². The second-order valence-electron chi connectivity index (χ2n) is 5.80. The molecular formula is C20H17BrN2O4S. The van der Waals surface area contributed by atoms with Gasteiger partial charge in [0, 0.05) is 16.2 Å². The van der Waals surface area contributed by atoms with E-state index in [2.05, 4.69) is 26.0 Å². The maximum Gasteiger partial charge on any atom is 0.248 e. The summed E-state index contributed by atoms with van der Waals surface area (Å²) < 4.78 is 33.1. The van der Waals surface area contributed by atoms with Crippen LogP contribution in [0.1, 0.15) is 11.3 Å². The van der Waals surface area contributed by atoms with Crippen LogP contribution < -0.4 is 10.0 Å². The normalized spacial score (nSPS) is 11.6. The lowest BCUT2D eigenvalue weighted by molar-refractivity contribution is -0.111. The summed E-state index contributed by atoms with van der Waals surface area (Å²) >= 11 is 3.33. The minimum Gasteiger partial charge on any atom is -0.468 e. The molecule has 28 heavy (non-hydrogen) atoms. The molecule has 0 saturated heterocycles. The van der Waals surface area contributed by atoms with Gasteiger partial charge < -0.3 is 9.73 Å². The molecule has 6 nitrogen and oxygen atoms in total. The van der Waals surface area contributed by atoms with Crippen LogP contribution in [0.15, 0.2) is 86.8 Å². The van der Waals surface area contributed by atoms with Crippen LogP contribution in [0.5, 0.6) is 0 Å². The van der Waals surface area contributed by atoms with E-state index in [0.717, 1.165) is 4.47 Å². The van der Waals surface area contributed by atoms with Gasteiger partial charge in [-0.05, 0) is 60.2 Å². The maximum absolute atomic E-state index is 12.3. The lowest BCUT2D eigenvalue weighted by Gasteiger charge is -2.06. The predicted octanol–water partition coefficient (Wildman–Crippen LogP) is 4.17. The van der Waals surface area contributed by atoms with Crippen LogP contribution >= 0.6 is 15.9 Å². The van der Waals surface area contributed by atoms with Gasteiger partial charge in [-0.25, -0.2) is 13.1 Å². The van der Waals surface area contributed by atoms with Gasteiger partial charge in [0.15, 0.2) is 0 Å². The van der Waals surface area contributed by atoms with E-state index >= 15 is 0 Å². The van der Waals surface area contributed by atoms with Crippen LogP contribution in [0.4, 0.5) is 5.69 Å². The fourth-order valence-electron chi connectivity index (χ4n) is 2.31. The third kappa shape index (κ3) is 5.66. The van der Waals surface area contributed by atoms with Gasteiger partial charge in [-0.2, -0.15) is 0 Å². The topological polar surface area (TPSA) is 88.4 Å². The lowest BCUT2D eigenvalue weighted by atomic mass is 10.2. The van der Waals surface area contributed by atoms with E-state index in [-0.39, 0.29) is 17.3 Å². The van der Waals surface area contributed by atoms with Crippen LogP contribution in [0.3, 0.4) is 0 Å². The van der Waals surface area contributed by atoms with E-state index in [9.17, 15) is 13.2 Å². The van der Waals surface area contributed by atoms with Crippen molar-refractivity contribution in [1.29, 1.82) is 0 Å². The molecule has 0 atom stereocenters. The Morgan fingerprint density at radius 1 is 1.04 bits per heavy atom. The summed E-state index contributed by atoms with van der Waals surface area (Å²) in [6, 6.07) is 16.8. The van der Waals surface area contributed by atoms with E-state index in [1.54, 1.807) is 42.5 Å². The number of hydrogen-bond donors (Lipinski definition) is 2. The second-order valence-corrected chi connectivity index (χ2v) is 8.49. The van der Waals surface area contributed by atoms with E-state index in [4.69, 9.17) is 4.42 Å². The Balaban J connectivity index is 1.59. The van der Waals surface area contributed by atoms with Crippen LogP contribution in [-0.4, -0.2) is 14.3 Å². The number of nitrogens with one attached hydrogen (secondary N) is 2. The number of carbonyl (C=O) groups is 1. The van der Waals surface area contributed by atoms with Crippen molar-refractivity contribution in [2.75, 3.05) is 5.32 Å². The van der Waals surface area contributed by atoms with Gasteiger partial charge in [-0.3, -0.25) is 4.79 Å². The van der Waals surface area contributed by atoms with Crippen molar-refractivity contribution in [3.63, 3.8) is 0 Å². The molecule has 1 aromatic heterocycles. The summed E-state index contributed by atoms with van der Waals surface area (Å²) in [5.74, 6) is 0.249. The molecule has 8 heteroatoms. The second kappa shape index (κ2) is 9.01. The number of benzene rings is 2. The molecule has 0 bridgehead atoms. The van der Waals surface area contributed by atoms with Crippen molar-refractivity contribution in [3.05, 3.63) is 88.8 Å². The molecule has 3 rings (SSSR count). The number of halogens is 1. The first kappa shape index (κ1) is 20.1. The molecule has 0 aliphatic carbocycles. The van der Waals surface area contributed by atoms with Crippen LogP contribution in [0.2, 0.25) is 0 Å². The van der Waals surface area contributed by atoms with Crippen LogP contribution in [0.25, 0.3) is 6.08 Å². The number of amides is 1. The first-order valence-electron chi connectivity index (χ1n) is 8.29. The molecule has 0 radical (unpaired) electrons. The van der Waals surface area contributed by atoms with Crippen molar-refractivity contribution in [2.24, 2.45) is 0 Å². The zero-order valence-electron chi connectivity index (χ0n) is 14.6. The summed E-state index contributed by atoms with van der Waals surface area (Å²) in [6.07, 6.45) is 4.49. The van der Waals surface area contributed by atoms with Gasteiger partial charge in [0.1, 0.15) is 5.76 Å². The first-order valence-corrected chi connectivity index (χ1v) is 10.6. The fourth-order valence-corrected chi connectivity index (χ4v) is 3.57. The first-order chi connectivity index (χ1) is 13.4. The summed E-state index contributed by atoms with van der Waals surface area (Å²) in [5.41, 5.74) is 1.39. The van der Waals surface area contributed by atoms with Gasteiger partial charge >= 0.3 is 0 Å². The summed E-state index contributed by atoms with van der Waals surface area (Å²) in [6.45, 7) is 0.0766. The largest absolute Gasteiger partial charge is 0.468 e. The number of sulfonamides is 1. The molecule has 0 aliphatic rings. The molecule has 0 unspecified atom stereocenters. The van der Waals surface area contributed by atoms with Gasteiger partial charge in [-0.1, -0.05) is 28.1 Å². The zero-order valence-corrected chi connectivity index (χ0v) is 17.0. The average Bonchev–Trinajstić information content (AvgIpc) is 3.21. The quantitative estimate of drug-likeness (QED) is 0.517. The van der Waals surface area contributed by atoms with Crippen molar-refractivity contribution in [2.45, 2.75) is 11.4 Å². The molecular weight excluding hydrogens is 444 g/mol. The highest BCUT2D eigenvalue weighted by Crippen LogP contribution is 2.15. The smallest absolute Gasteiger partial charge is 0.248 e. The Kier molecular flexibility index (Phi) is 6.45. The van der Waals surface area contributed by atoms with E-state index in [1.165, 1.54) is 24.5 Å². The van der Waals surface area contributed by atoms with Crippen LogP contribution in [-0.2, 0) is 21.4 Å². The van der Waals surface area contributed by atoms with E-state index in [0.29, 0.717) is 17.0 Å². The molecule has 0 aliphatic heterocycles. The Morgan fingerprint density at radius 3 is 2.39 bits per heavy atom. The number of hydrogen-bond acceptors (Lipinski definition) is 4. The molecule has 1 heterocycles. The van der Waals surface area contributed by atoms with Gasteiger partial charge in [0.05, 0.1) is 17.7 Å². The summed E-state index contributed by atoms with van der Waals surface area (Å²) in [4.78, 5) is 12.1.